The maximum Gasteiger partial charge on any atom is 0.246 e. The van der Waals surface area contributed by atoms with Crippen molar-refractivity contribution in [2.24, 2.45) is 0 Å². The molecule has 1 saturated heterocycles. The number of nitrogens with one attached hydrogen (secondary N) is 1. The second-order valence-corrected chi connectivity index (χ2v) is 10.1. The van der Waals surface area contributed by atoms with E-state index in [2.05, 4.69) is 5.32 Å². The Morgan fingerprint density at radius 3 is 2.53 bits per heavy atom. The minimum Gasteiger partial charge on any atom is -0.492 e. The molecule has 1 fully saturated rings. The zero-order valence-corrected chi connectivity index (χ0v) is 18.8. The summed E-state index contributed by atoms with van der Waals surface area (Å²) in [4.78, 5) is 13.6. The van der Waals surface area contributed by atoms with E-state index in [1.165, 1.54) is 10.4 Å². The van der Waals surface area contributed by atoms with E-state index in [9.17, 15) is 13.2 Å². The predicted molar refractivity (Wildman–Crippen MR) is 121 cm³/mol. The molecular formula is C22H28N2O4S2. The molecule has 1 amide bonds. The summed E-state index contributed by atoms with van der Waals surface area (Å²) in [5.41, 5.74) is 0.462. The number of hydrogen-bond donors (Lipinski definition) is 1. The van der Waals surface area contributed by atoms with Crippen molar-refractivity contribution in [2.45, 2.75) is 42.4 Å². The maximum atomic E-state index is 13.2. The average Bonchev–Trinajstić information content (AvgIpc) is 2.76. The van der Waals surface area contributed by atoms with Crippen molar-refractivity contribution < 1.29 is 17.9 Å². The third-order valence-corrected chi connectivity index (χ3v) is 7.73. The van der Waals surface area contributed by atoms with E-state index in [1.54, 1.807) is 23.9 Å². The van der Waals surface area contributed by atoms with Crippen LogP contribution in [-0.2, 0) is 14.8 Å². The van der Waals surface area contributed by atoms with Crippen LogP contribution in [0.3, 0.4) is 0 Å². The van der Waals surface area contributed by atoms with Gasteiger partial charge in [0.25, 0.3) is 0 Å². The fourth-order valence-corrected chi connectivity index (χ4v) is 5.86. The van der Waals surface area contributed by atoms with Gasteiger partial charge in [0.15, 0.2) is 0 Å². The quantitative estimate of drug-likeness (QED) is 0.576. The molecule has 6 nitrogen and oxygen atoms in total. The van der Waals surface area contributed by atoms with Crippen LogP contribution in [-0.4, -0.2) is 44.1 Å². The van der Waals surface area contributed by atoms with Gasteiger partial charge in [0, 0.05) is 35.8 Å². The van der Waals surface area contributed by atoms with Crippen LogP contribution in [0.5, 0.6) is 5.75 Å². The molecule has 3 rings (SSSR count). The molecule has 0 unspecified atom stereocenters. The van der Waals surface area contributed by atoms with Crippen molar-refractivity contribution in [3.05, 3.63) is 48.5 Å². The van der Waals surface area contributed by atoms with Crippen molar-refractivity contribution in [1.82, 2.24) is 4.31 Å². The van der Waals surface area contributed by atoms with Gasteiger partial charge >= 0.3 is 0 Å². The van der Waals surface area contributed by atoms with Crippen molar-refractivity contribution in [3.63, 3.8) is 0 Å². The highest BCUT2D eigenvalue weighted by Crippen LogP contribution is 2.31. The third kappa shape index (κ3) is 6.00. The first-order chi connectivity index (χ1) is 14.5. The first kappa shape index (κ1) is 22.7. The lowest BCUT2D eigenvalue weighted by Gasteiger charge is -2.27. The summed E-state index contributed by atoms with van der Waals surface area (Å²) in [6, 6.07) is 14.7. The Bertz CT molecular complexity index is 943. The van der Waals surface area contributed by atoms with Crippen molar-refractivity contribution in [1.29, 1.82) is 0 Å². The topological polar surface area (TPSA) is 75.7 Å². The molecule has 0 aromatic heterocycles. The van der Waals surface area contributed by atoms with Crippen LogP contribution in [0, 0.1) is 0 Å². The number of amides is 1. The van der Waals surface area contributed by atoms with Crippen LogP contribution in [0.1, 0.15) is 32.6 Å². The van der Waals surface area contributed by atoms with Crippen LogP contribution in [0.2, 0.25) is 0 Å². The summed E-state index contributed by atoms with van der Waals surface area (Å²) >= 11 is 1.61. The molecule has 1 N–H and O–H groups in total. The maximum absolute atomic E-state index is 13.2. The molecule has 0 spiro atoms. The smallest absolute Gasteiger partial charge is 0.246 e. The van der Waals surface area contributed by atoms with E-state index in [-0.39, 0.29) is 10.8 Å². The normalized spacial score (nSPS) is 15.0. The van der Waals surface area contributed by atoms with E-state index < -0.39 is 10.0 Å². The summed E-state index contributed by atoms with van der Waals surface area (Å²) in [7, 11) is -3.67. The molecule has 0 radical (unpaired) electrons. The number of thioether (sulfide) groups is 1. The number of sulfonamides is 1. The van der Waals surface area contributed by atoms with Gasteiger partial charge in [-0.05, 0) is 50.1 Å². The molecule has 2 aromatic carbocycles. The van der Waals surface area contributed by atoms with E-state index in [0.29, 0.717) is 43.3 Å². The van der Waals surface area contributed by atoms with Gasteiger partial charge in [0.05, 0.1) is 6.61 Å². The second-order valence-electron chi connectivity index (χ2n) is 7.02. The van der Waals surface area contributed by atoms with Gasteiger partial charge in [-0.25, -0.2) is 8.42 Å². The van der Waals surface area contributed by atoms with Gasteiger partial charge in [-0.15, -0.1) is 11.8 Å². The van der Waals surface area contributed by atoms with E-state index in [1.807, 2.05) is 37.3 Å². The predicted octanol–water partition coefficient (Wildman–Crippen LogP) is 4.38. The Hall–Kier alpha value is -2.03. The second kappa shape index (κ2) is 10.8. The number of hydrogen-bond acceptors (Lipinski definition) is 5. The number of nitrogens with zero attached hydrogens (tertiary/aromatic N) is 1. The molecule has 0 atom stereocenters. The zero-order chi connectivity index (χ0) is 21.4. The average molecular weight is 449 g/mol. The van der Waals surface area contributed by atoms with Gasteiger partial charge in [-0.2, -0.15) is 4.31 Å². The number of benzene rings is 2. The van der Waals surface area contributed by atoms with Crippen LogP contribution < -0.4 is 10.1 Å². The lowest BCUT2D eigenvalue weighted by Crippen LogP contribution is -2.35. The molecular weight excluding hydrogens is 420 g/mol. The van der Waals surface area contributed by atoms with Gasteiger partial charge in [-0.1, -0.05) is 24.6 Å². The van der Waals surface area contributed by atoms with Crippen LogP contribution in [0.4, 0.5) is 5.69 Å². The van der Waals surface area contributed by atoms with Gasteiger partial charge in [0.1, 0.15) is 10.6 Å². The Balaban J connectivity index is 1.69. The number of ether oxygens (including phenoxy) is 1. The molecule has 162 valence electrons. The summed E-state index contributed by atoms with van der Waals surface area (Å²) in [6.45, 7) is 3.21. The first-order valence-corrected chi connectivity index (χ1v) is 12.7. The SMILES string of the molecule is CCOc1ccc(NC(=O)CCSc2ccccc2)cc1S(=O)(=O)N1CCCCC1. The third-order valence-electron chi connectivity index (χ3n) is 4.80. The van der Waals surface area contributed by atoms with E-state index >= 15 is 0 Å². The highest BCUT2D eigenvalue weighted by Gasteiger charge is 2.29. The largest absolute Gasteiger partial charge is 0.492 e. The molecule has 2 aromatic rings. The molecule has 30 heavy (non-hydrogen) atoms. The number of piperidine rings is 1. The van der Waals surface area contributed by atoms with E-state index in [0.717, 1.165) is 24.2 Å². The summed E-state index contributed by atoms with van der Waals surface area (Å²) in [6.07, 6.45) is 3.10. The first-order valence-electron chi connectivity index (χ1n) is 10.3. The lowest BCUT2D eigenvalue weighted by atomic mass is 10.2. The van der Waals surface area contributed by atoms with Crippen molar-refractivity contribution in [2.75, 3.05) is 30.8 Å². The molecule has 1 aliphatic rings. The summed E-state index contributed by atoms with van der Waals surface area (Å²) in [5, 5.41) is 2.82. The Morgan fingerprint density at radius 2 is 1.83 bits per heavy atom. The van der Waals surface area contributed by atoms with Crippen molar-refractivity contribution in [3.8, 4) is 5.75 Å². The summed E-state index contributed by atoms with van der Waals surface area (Å²) in [5.74, 6) is 0.816. The van der Waals surface area contributed by atoms with Crippen LogP contribution in [0.25, 0.3) is 0 Å². The Kier molecular flexibility index (Phi) is 8.18. The Labute approximate surface area is 183 Å². The van der Waals surface area contributed by atoms with Gasteiger partial charge in [-0.3, -0.25) is 4.79 Å². The highest BCUT2D eigenvalue weighted by atomic mass is 32.2. The zero-order valence-electron chi connectivity index (χ0n) is 17.2. The lowest BCUT2D eigenvalue weighted by molar-refractivity contribution is -0.115. The number of carbonyl (C=O) groups excluding carboxylic acids is 1. The molecule has 1 heterocycles. The van der Waals surface area contributed by atoms with Gasteiger partial charge < -0.3 is 10.1 Å². The number of anilines is 1. The molecule has 0 aliphatic carbocycles. The molecule has 1 aliphatic heterocycles. The van der Waals surface area contributed by atoms with Crippen LogP contribution >= 0.6 is 11.8 Å². The monoisotopic (exact) mass is 448 g/mol. The minimum absolute atomic E-state index is 0.114. The standard InChI is InChI=1S/C22H28N2O4S2/c1-2-28-20-12-11-18(17-21(20)30(26,27)24-14-7-4-8-15-24)23-22(25)13-16-29-19-9-5-3-6-10-19/h3,5-6,9-12,17H,2,4,7-8,13-16H2,1H3,(H,23,25). The Morgan fingerprint density at radius 1 is 1.10 bits per heavy atom. The number of carbonyl (C=O) groups is 1. The minimum atomic E-state index is -3.67. The fraction of sp³-hybridized carbons (Fsp3) is 0.409. The highest BCUT2D eigenvalue weighted by molar-refractivity contribution is 7.99. The molecule has 0 bridgehead atoms. The molecule has 0 saturated carbocycles. The fourth-order valence-electron chi connectivity index (χ4n) is 3.31. The van der Waals surface area contributed by atoms with Gasteiger partial charge in [0.2, 0.25) is 15.9 Å². The number of rotatable bonds is 9. The van der Waals surface area contributed by atoms with Crippen LogP contribution in [0.15, 0.2) is 58.3 Å². The molecule has 8 heteroatoms. The summed E-state index contributed by atoms with van der Waals surface area (Å²) < 4.78 is 33.4. The van der Waals surface area contributed by atoms with Crippen molar-refractivity contribution >= 4 is 33.4 Å². The van der Waals surface area contributed by atoms with E-state index in [4.69, 9.17) is 4.74 Å².